The van der Waals surface area contributed by atoms with Crippen molar-refractivity contribution in [3.05, 3.63) is 0 Å². The van der Waals surface area contributed by atoms with Crippen molar-refractivity contribution in [2.75, 3.05) is 6.61 Å². The molecule has 2 unspecified atom stereocenters. The van der Waals surface area contributed by atoms with Gasteiger partial charge in [-0.15, -0.1) is 0 Å². The molecule has 0 aromatic rings. The lowest BCUT2D eigenvalue weighted by molar-refractivity contribution is -0.122. The minimum Gasteiger partial charge on any atom is -0.378 e. The van der Waals surface area contributed by atoms with Crippen LogP contribution in [0.5, 0.6) is 0 Å². The highest BCUT2D eigenvalue weighted by atomic mass is 16.5. The van der Waals surface area contributed by atoms with Crippen LogP contribution in [0.2, 0.25) is 0 Å². The summed E-state index contributed by atoms with van der Waals surface area (Å²) in [6.45, 7) is 8.54. The van der Waals surface area contributed by atoms with Gasteiger partial charge >= 0.3 is 0 Å². The van der Waals surface area contributed by atoms with Crippen LogP contribution < -0.4 is 11.5 Å². The van der Waals surface area contributed by atoms with Crippen molar-refractivity contribution in [3.63, 3.8) is 0 Å². The van der Waals surface area contributed by atoms with Crippen LogP contribution in [0.1, 0.15) is 40.5 Å². The highest BCUT2D eigenvalue weighted by Crippen LogP contribution is 2.10. The molecular weight excluding hydrogens is 192 g/mol. The van der Waals surface area contributed by atoms with Gasteiger partial charge in [-0.25, -0.2) is 0 Å². The molecular formula is C11H24N2O2. The highest BCUT2D eigenvalue weighted by Gasteiger charge is 2.24. The predicted octanol–water partition coefficient (Wildman–Crippen LogP) is 1.03. The molecule has 90 valence electrons. The van der Waals surface area contributed by atoms with Crippen molar-refractivity contribution in [3.8, 4) is 0 Å². The lowest BCUT2D eigenvalue weighted by Gasteiger charge is -2.21. The Kier molecular flexibility index (Phi) is 5.83. The summed E-state index contributed by atoms with van der Waals surface area (Å²) in [4.78, 5) is 10.9. The van der Waals surface area contributed by atoms with Crippen LogP contribution in [0.4, 0.5) is 0 Å². The normalized spacial score (nSPS) is 17.5. The molecule has 4 heteroatoms. The third-order valence-electron chi connectivity index (χ3n) is 2.72. The lowest BCUT2D eigenvalue weighted by atomic mass is 9.97. The van der Waals surface area contributed by atoms with Crippen molar-refractivity contribution in [2.24, 2.45) is 17.4 Å². The van der Waals surface area contributed by atoms with E-state index in [0.29, 0.717) is 18.9 Å². The van der Waals surface area contributed by atoms with Crippen molar-refractivity contribution >= 4 is 5.91 Å². The number of hydrogen-bond donors (Lipinski definition) is 2. The molecule has 0 bridgehead atoms. The molecule has 2 atom stereocenters. The zero-order chi connectivity index (χ0) is 12.1. The Morgan fingerprint density at radius 3 is 2.33 bits per heavy atom. The number of carbonyl (C=O) groups is 1. The average Bonchev–Trinajstić information content (AvgIpc) is 2.11. The molecule has 0 rings (SSSR count). The molecule has 0 radical (unpaired) electrons. The topological polar surface area (TPSA) is 78.3 Å². The SMILES string of the molecule is CC(C)C(C)OCCCC(C)(N)C(N)=O. The molecule has 1 amide bonds. The van der Waals surface area contributed by atoms with Crippen LogP contribution in [0.25, 0.3) is 0 Å². The molecule has 0 aromatic carbocycles. The largest absolute Gasteiger partial charge is 0.378 e. The third-order valence-corrected chi connectivity index (χ3v) is 2.72. The summed E-state index contributed by atoms with van der Waals surface area (Å²) in [6.07, 6.45) is 1.56. The molecule has 0 fully saturated rings. The minimum absolute atomic E-state index is 0.239. The van der Waals surface area contributed by atoms with E-state index in [-0.39, 0.29) is 6.10 Å². The second kappa shape index (κ2) is 6.08. The number of nitrogens with two attached hydrogens (primary N) is 2. The van der Waals surface area contributed by atoms with Gasteiger partial charge in [-0.3, -0.25) is 4.79 Å². The quantitative estimate of drug-likeness (QED) is 0.624. The van der Waals surface area contributed by atoms with Crippen LogP contribution in [0.15, 0.2) is 0 Å². The first-order chi connectivity index (χ1) is 6.77. The molecule has 0 saturated heterocycles. The van der Waals surface area contributed by atoms with E-state index >= 15 is 0 Å². The van der Waals surface area contributed by atoms with E-state index in [1.807, 2.05) is 6.92 Å². The van der Waals surface area contributed by atoms with Gasteiger partial charge in [-0.2, -0.15) is 0 Å². The van der Waals surface area contributed by atoms with E-state index in [9.17, 15) is 4.79 Å². The summed E-state index contributed by atoms with van der Waals surface area (Å²) >= 11 is 0. The summed E-state index contributed by atoms with van der Waals surface area (Å²) < 4.78 is 5.57. The molecule has 0 spiro atoms. The second-order valence-corrected chi connectivity index (χ2v) is 4.71. The van der Waals surface area contributed by atoms with E-state index in [4.69, 9.17) is 16.2 Å². The predicted molar refractivity (Wildman–Crippen MR) is 61.3 cm³/mol. The van der Waals surface area contributed by atoms with Gasteiger partial charge in [-0.1, -0.05) is 13.8 Å². The van der Waals surface area contributed by atoms with Crippen LogP contribution >= 0.6 is 0 Å². The Morgan fingerprint density at radius 1 is 1.40 bits per heavy atom. The number of rotatable bonds is 7. The Balaban J connectivity index is 3.68. The number of hydrogen-bond acceptors (Lipinski definition) is 3. The molecule has 0 saturated carbocycles. The molecule has 4 N–H and O–H groups in total. The van der Waals surface area contributed by atoms with Crippen LogP contribution in [0, 0.1) is 5.92 Å². The maximum absolute atomic E-state index is 10.9. The second-order valence-electron chi connectivity index (χ2n) is 4.71. The van der Waals surface area contributed by atoms with Gasteiger partial charge in [-0.05, 0) is 32.6 Å². The Hall–Kier alpha value is -0.610. The van der Waals surface area contributed by atoms with E-state index in [1.165, 1.54) is 0 Å². The minimum atomic E-state index is -0.912. The number of ether oxygens (including phenoxy) is 1. The number of carbonyl (C=O) groups excluding carboxylic acids is 1. The van der Waals surface area contributed by atoms with Gasteiger partial charge in [0.05, 0.1) is 11.6 Å². The van der Waals surface area contributed by atoms with Gasteiger partial charge in [0.15, 0.2) is 0 Å². The zero-order valence-electron chi connectivity index (χ0n) is 10.2. The van der Waals surface area contributed by atoms with E-state index in [2.05, 4.69) is 13.8 Å². The van der Waals surface area contributed by atoms with Gasteiger partial charge in [0.25, 0.3) is 0 Å². The van der Waals surface area contributed by atoms with Gasteiger partial charge < -0.3 is 16.2 Å². The average molecular weight is 216 g/mol. The summed E-state index contributed by atoms with van der Waals surface area (Å²) in [5.74, 6) is 0.0461. The standard InChI is InChI=1S/C11H24N2O2/c1-8(2)9(3)15-7-5-6-11(4,13)10(12)14/h8-9H,5-7,13H2,1-4H3,(H2,12,14). The van der Waals surface area contributed by atoms with E-state index < -0.39 is 11.4 Å². The van der Waals surface area contributed by atoms with Crippen LogP contribution in [-0.2, 0) is 9.53 Å². The molecule has 0 heterocycles. The van der Waals surface area contributed by atoms with Gasteiger partial charge in [0, 0.05) is 6.61 Å². The first kappa shape index (κ1) is 14.4. The summed E-state index contributed by atoms with van der Waals surface area (Å²) in [6, 6.07) is 0. The molecule has 4 nitrogen and oxygen atoms in total. The Morgan fingerprint density at radius 2 is 1.93 bits per heavy atom. The number of primary amides is 1. The fraction of sp³-hybridized carbons (Fsp3) is 0.909. The maximum Gasteiger partial charge on any atom is 0.237 e. The smallest absolute Gasteiger partial charge is 0.237 e. The zero-order valence-corrected chi connectivity index (χ0v) is 10.2. The molecule has 0 aliphatic rings. The number of amides is 1. The van der Waals surface area contributed by atoms with Crippen LogP contribution in [-0.4, -0.2) is 24.2 Å². The van der Waals surface area contributed by atoms with Crippen molar-refractivity contribution < 1.29 is 9.53 Å². The Bertz CT molecular complexity index is 203. The van der Waals surface area contributed by atoms with Gasteiger partial charge in [0.1, 0.15) is 0 Å². The highest BCUT2D eigenvalue weighted by molar-refractivity contribution is 5.83. The first-order valence-corrected chi connectivity index (χ1v) is 5.47. The lowest BCUT2D eigenvalue weighted by Crippen LogP contribution is -2.49. The molecule has 15 heavy (non-hydrogen) atoms. The van der Waals surface area contributed by atoms with Crippen molar-refractivity contribution in [1.82, 2.24) is 0 Å². The summed E-state index contributed by atoms with van der Waals surface area (Å²) in [5.41, 5.74) is 9.95. The molecule has 0 aliphatic carbocycles. The maximum atomic E-state index is 10.9. The third kappa shape index (κ3) is 5.74. The summed E-state index contributed by atoms with van der Waals surface area (Å²) in [5, 5.41) is 0. The van der Waals surface area contributed by atoms with E-state index in [0.717, 1.165) is 6.42 Å². The fourth-order valence-electron chi connectivity index (χ4n) is 1.02. The monoisotopic (exact) mass is 216 g/mol. The van der Waals surface area contributed by atoms with Gasteiger partial charge in [0.2, 0.25) is 5.91 Å². The van der Waals surface area contributed by atoms with Crippen LogP contribution in [0.3, 0.4) is 0 Å². The summed E-state index contributed by atoms with van der Waals surface area (Å²) in [7, 11) is 0. The molecule has 0 aliphatic heterocycles. The van der Waals surface area contributed by atoms with Crippen molar-refractivity contribution in [1.29, 1.82) is 0 Å². The molecule has 0 aromatic heterocycles. The fourth-order valence-corrected chi connectivity index (χ4v) is 1.02. The van der Waals surface area contributed by atoms with E-state index in [1.54, 1.807) is 6.92 Å². The van der Waals surface area contributed by atoms with Crippen molar-refractivity contribution in [2.45, 2.75) is 52.2 Å². The Labute approximate surface area is 92.3 Å². The first-order valence-electron chi connectivity index (χ1n) is 5.47.